The first-order valence-electron chi connectivity index (χ1n) is 17.7. The molecule has 4 rings (SSSR count). The molecule has 4 atom stereocenters. The predicted molar refractivity (Wildman–Crippen MR) is 192 cm³/mol. The Balaban J connectivity index is 1.39. The van der Waals surface area contributed by atoms with Gasteiger partial charge in [-0.1, -0.05) is 52.0 Å². The number of ether oxygens (including phenoxy) is 1. The van der Waals surface area contributed by atoms with Gasteiger partial charge in [0.05, 0.1) is 7.11 Å². The van der Waals surface area contributed by atoms with Crippen LogP contribution in [0, 0.1) is 17.8 Å². The van der Waals surface area contributed by atoms with Crippen LogP contribution in [0.2, 0.25) is 0 Å². The summed E-state index contributed by atoms with van der Waals surface area (Å²) in [5.74, 6) is -1.44. The van der Waals surface area contributed by atoms with E-state index in [0.29, 0.717) is 25.0 Å². The molecule has 272 valence electrons. The Morgan fingerprint density at radius 2 is 1.56 bits per heavy atom. The van der Waals surface area contributed by atoms with E-state index in [0.717, 1.165) is 42.4 Å². The van der Waals surface area contributed by atoms with Crippen LogP contribution >= 0.6 is 0 Å². The number of hydrogen-bond acceptors (Lipinski definition) is 7. The zero-order chi connectivity index (χ0) is 36.5. The fraction of sp³-hybridized carbons (Fsp3) is 0.553. The molecule has 1 aromatic heterocycles. The van der Waals surface area contributed by atoms with Gasteiger partial charge in [0.2, 0.25) is 17.7 Å². The number of likely N-dealkylation sites (tertiary alicyclic amines) is 1. The lowest BCUT2D eigenvalue weighted by atomic mass is 9.94. The monoisotopic (exact) mass is 690 g/mol. The molecule has 4 N–H and O–H groups in total. The highest BCUT2D eigenvalue weighted by Gasteiger charge is 2.38. The Morgan fingerprint density at radius 1 is 0.940 bits per heavy atom. The van der Waals surface area contributed by atoms with Gasteiger partial charge in [-0.15, -0.1) is 0 Å². The topological polar surface area (TPSA) is 153 Å². The number of piperidine rings is 1. The molecule has 3 heterocycles. The Labute approximate surface area is 295 Å². The van der Waals surface area contributed by atoms with Crippen molar-refractivity contribution in [2.75, 3.05) is 27.2 Å². The number of rotatable bonds is 15. The summed E-state index contributed by atoms with van der Waals surface area (Å²) in [4.78, 5) is 73.2. The molecule has 12 heteroatoms. The molecule has 0 unspecified atom stereocenters. The summed E-state index contributed by atoms with van der Waals surface area (Å²) in [6.07, 6.45) is 8.69. The molecule has 2 aliphatic rings. The van der Waals surface area contributed by atoms with E-state index in [9.17, 15) is 24.0 Å². The molecule has 1 aromatic carbocycles. The number of methoxy groups -OCH3 is 1. The lowest BCUT2D eigenvalue weighted by Crippen LogP contribution is -2.56. The molecule has 12 nitrogen and oxygen atoms in total. The Morgan fingerprint density at radius 3 is 2.20 bits per heavy atom. The van der Waals surface area contributed by atoms with Crippen LogP contribution in [0.5, 0.6) is 0 Å². The Bertz CT molecular complexity index is 1590. The number of benzene rings is 1. The van der Waals surface area contributed by atoms with Crippen molar-refractivity contribution in [3.8, 4) is 0 Å². The molecule has 2 aromatic rings. The minimum Gasteiger partial charge on any atom is -0.499 e. The number of fused-ring (bicyclic) bond motifs is 1. The molecule has 0 aliphatic carbocycles. The lowest BCUT2D eigenvalue weighted by molar-refractivity contribution is -0.139. The number of carbonyl (C=O) groups is 5. The van der Waals surface area contributed by atoms with Gasteiger partial charge in [-0.2, -0.15) is 0 Å². The zero-order valence-electron chi connectivity index (χ0n) is 30.5. The molecule has 0 saturated carbocycles. The first kappa shape index (κ1) is 38.4. The van der Waals surface area contributed by atoms with Gasteiger partial charge in [0.15, 0.2) is 0 Å². The summed E-state index contributed by atoms with van der Waals surface area (Å²) < 4.78 is 5.49. The third-order valence-corrected chi connectivity index (χ3v) is 9.37. The second-order valence-electron chi connectivity index (χ2n) is 14.5. The lowest BCUT2D eigenvalue weighted by Gasteiger charge is -2.30. The maximum absolute atomic E-state index is 13.6. The minimum atomic E-state index is -0.849. The summed E-state index contributed by atoms with van der Waals surface area (Å²) in [6, 6.07) is 4.98. The highest BCUT2D eigenvalue weighted by molar-refractivity contribution is 6.08. The van der Waals surface area contributed by atoms with Gasteiger partial charge in [0, 0.05) is 47.6 Å². The first-order valence-corrected chi connectivity index (χ1v) is 17.7. The molecule has 1 saturated heterocycles. The average molecular weight is 691 g/mol. The van der Waals surface area contributed by atoms with Gasteiger partial charge in [0.25, 0.3) is 11.8 Å². The van der Waals surface area contributed by atoms with E-state index in [2.05, 4.69) is 25.8 Å². The number of nitrogens with zero attached hydrogens (tertiary/aromatic N) is 2. The van der Waals surface area contributed by atoms with E-state index in [1.54, 1.807) is 6.92 Å². The summed E-state index contributed by atoms with van der Waals surface area (Å²) in [6.45, 7) is 11.3. The number of hydrogen-bond donors (Lipinski definition) is 4. The van der Waals surface area contributed by atoms with E-state index < -0.39 is 47.8 Å². The van der Waals surface area contributed by atoms with Gasteiger partial charge >= 0.3 is 0 Å². The summed E-state index contributed by atoms with van der Waals surface area (Å²) in [5, 5.41) is 9.75. The molecule has 50 heavy (non-hydrogen) atoms. The van der Waals surface area contributed by atoms with Crippen molar-refractivity contribution >= 4 is 40.4 Å². The SMILES string of the molecule is COC1=CC(=O)N(C(=O)C=C[C@H](C)NC(=O)[C@H](CC(C)C)NC(=O)[C@H](CC(C)C)NC(=O)C2CCN(C)CC2)[C@H]1Cc1c[nH]c2ccccc12. The van der Waals surface area contributed by atoms with Crippen molar-refractivity contribution in [1.82, 2.24) is 30.7 Å². The summed E-state index contributed by atoms with van der Waals surface area (Å²) >= 11 is 0. The number of nitrogens with one attached hydrogen (secondary N) is 4. The Hall–Kier alpha value is -4.45. The van der Waals surface area contributed by atoms with Crippen molar-refractivity contribution in [2.24, 2.45) is 17.8 Å². The maximum Gasteiger partial charge on any atom is 0.257 e. The van der Waals surface area contributed by atoms with Crippen LogP contribution in [0.1, 0.15) is 65.9 Å². The van der Waals surface area contributed by atoms with Crippen molar-refractivity contribution in [3.05, 3.63) is 60.0 Å². The predicted octanol–water partition coefficient (Wildman–Crippen LogP) is 3.44. The zero-order valence-corrected chi connectivity index (χ0v) is 30.5. The molecule has 1 fully saturated rings. The standard InChI is InChI=1S/C38H54N6O6/c1-23(2)18-30(42-38(49)31(19-24(3)4)41-36(47)26-14-16-43(6)17-15-26)37(48)40-25(5)12-13-34(45)44-32(33(50-7)21-35(44)46)20-27-22-39-29-11-9-8-10-28(27)29/h8-13,21-26,30-32,39H,14-20H2,1-7H3,(H,40,48)(H,41,47)(H,42,49)/t25-,30-,31-,32-/m0/s1. The number of para-hydroxylation sites is 1. The second kappa shape index (κ2) is 17.5. The molecule has 0 bridgehead atoms. The summed E-state index contributed by atoms with van der Waals surface area (Å²) in [7, 11) is 3.51. The van der Waals surface area contributed by atoms with Crippen LogP contribution in [0.4, 0.5) is 0 Å². The van der Waals surface area contributed by atoms with E-state index in [4.69, 9.17) is 4.74 Å². The van der Waals surface area contributed by atoms with Crippen molar-refractivity contribution in [2.45, 2.75) is 90.9 Å². The Kier molecular flexibility index (Phi) is 13.4. The fourth-order valence-electron chi connectivity index (χ4n) is 6.64. The molecular weight excluding hydrogens is 636 g/mol. The fourth-order valence-corrected chi connectivity index (χ4v) is 6.64. The van der Waals surface area contributed by atoms with E-state index in [1.807, 2.05) is 65.2 Å². The van der Waals surface area contributed by atoms with Crippen LogP contribution in [-0.4, -0.2) is 95.7 Å². The highest BCUT2D eigenvalue weighted by atomic mass is 16.5. The van der Waals surface area contributed by atoms with Crippen LogP contribution in [0.3, 0.4) is 0 Å². The van der Waals surface area contributed by atoms with Crippen LogP contribution in [0.25, 0.3) is 10.9 Å². The quantitative estimate of drug-likeness (QED) is 0.209. The molecule has 0 spiro atoms. The molecule has 2 aliphatic heterocycles. The number of aromatic amines is 1. The number of imide groups is 1. The smallest absolute Gasteiger partial charge is 0.257 e. The minimum absolute atomic E-state index is 0.0913. The van der Waals surface area contributed by atoms with E-state index in [1.165, 1.54) is 30.2 Å². The van der Waals surface area contributed by atoms with Crippen molar-refractivity contribution in [1.29, 1.82) is 0 Å². The molecule has 0 radical (unpaired) electrons. The number of aromatic nitrogens is 1. The van der Waals surface area contributed by atoms with Gasteiger partial charge in [-0.25, -0.2) is 0 Å². The third-order valence-electron chi connectivity index (χ3n) is 9.37. The summed E-state index contributed by atoms with van der Waals surface area (Å²) in [5.41, 5.74) is 1.90. The molecular formula is C38H54N6O6. The third kappa shape index (κ3) is 10.1. The van der Waals surface area contributed by atoms with Gasteiger partial charge in [-0.05, 0) is 76.2 Å². The largest absolute Gasteiger partial charge is 0.499 e. The normalized spacial score (nSPS) is 19.1. The number of amides is 5. The number of carbonyl (C=O) groups excluding carboxylic acids is 5. The van der Waals surface area contributed by atoms with Crippen molar-refractivity contribution in [3.63, 3.8) is 0 Å². The van der Waals surface area contributed by atoms with Gasteiger partial charge < -0.3 is 30.6 Å². The first-order chi connectivity index (χ1) is 23.8. The number of H-pyrrole nitrogens is 1. The van der Waals surface area contributed by atoms with Crippen LogP contribution in [-0.2, 0) is 35.1 Å². The van der Waals surface area contributed by atoms with Gasteiger partial charge in [0.1, 0.15) is 23.9 Å². The van der Waals surface area contributed by atoms with Crippen LogP contribution in [0.15, 0.2) is 54.4 Å². The van der Waals surface area contributed by atoms with E-state index in [-0.39, 0.29) is 23.7 Å². The molecule has 5 amide bonds. The van der Waals surface area contributed by atoms with Crippen LogP contribution < -0.4 is 16.0 Å². The van der Waals surface area contributed by atoms with Gasteiger partial charge in [-0.3, -0.25) is 28.9 Å². The van der Waals surface area contributed by atoms with E-state index >= 15 is 0 Å². The average Bonchev–Trinajstić information content (AvgIpc) is 3.62. The van der Waals surface area contributed by atoms with Crippen molar-refractivity contribution < 1.29 is 28.7 Å². The maximum atomic E-state index is 13.6. The highest BCUT2D eigenvalue weighted by Crippen LogP contribution is 2.28. The second-order valence-corrected chi connectivity index (χ2v) is 14.5.